The van der Waals surface area contributed by atoms with Crippen molar-refractivity contribution in [3.63, 3.8) is 0 Å². The third-order valence-electron chi connectivity index (χ3n) is 0. The zero-order valence-electron chi connectivity index (χ0n) is 5.10. The molecule has 7 nitrogen and oxygen atoms in total. The van der Waals surface area contributed by atoms with Crippen LogP contribution in [0.3, 0.4) is 0 Å². The first-order chi connectivity index (χ1) is 3.46. The van der Waals surface area contributed by atoms with Crippen molar-refractivity contribution in [1.82, 2.24) is 0 Å². The van der Waals surface area contributed by atoms with Crippen molar-refractivity contribution < 1.29 is 71.5 Å². The van der Waals surface area contributed by atoms with Gasteiger partial charge in [0.25, 0.3) is 0 Å². The Kier molecular flexibility index (Phi) is 38.3. The van der Waals surface area contributed by atoms with Crippen molar-refractivity contribution in [2.24, 2.45) is 0 Å². The summed E-state index contributed by atoms with van der Waals surface area (Å²) in [6.07, 6.45) is -2.33. The fraction of sp³-hybridized carbons (Fsp3) is 0. The number of carbonyl (C=O) groups is 1. The molecule has 0 aromatic heterocycles. The summed E-state index contributed by atoms with van der Waals surface area (Å²) in [5, 5.41) is 31.4. The fourth-order valence-electron chi connectivity index (χ4n) is 0. The van der Waals surface area contributed by atoms with Crippen LogP contribution in [0.15, 0.2) is 0 Å². The second-order valence-electron chi connectivity index (χ2n) is 0.474. The van der Waals surface area contributed by atoms with Crippen LogP contribution in [0.4, 0.5) is 4.79 Å². The van der Waals surface area contributed by atoms with E-state index in [0.29, 0.717) is 0 Å². The summed E-state index contributed by atoms with van der Waals surface area (Å²) in [5.41, 5.74) is 0. The number of rotatable bonds is 0. The molecule has 10 heavy (non-hydrogen) atoms. The molecule has 0 saturated carbocycles. The van der Waals surface area contributed by atoms with Crippen molar-refractivity contribution in [2.75, 3.05) is 0 Å². The Balaban J connectivity index is -0.0000000300. The smallest absolute Gasteiger partial charge is 0.652 e. The molecule has 0 aliphatic carbocycles. The molecule has 0 aromatic rings. The minimum Gasteiger partial charge on any atom is -0.652 e. The fourth-order valence-corrected chi connectivity index (χ4v) is 0. The van der Waals surface area contributed by atoms with Gasteiger partial charge < -0.3 is 30.3 Å². The number of carbonyl (C=O) groups excluding carboxylic acids is 1. The molecule has 9 heteroatoms. The third kappa shape index (κ3) is 259. The van der Waals surface area contributed by atoms with E-state index < -0.39 is 11.2 Å². The normalized spacial score (nSPS) is 4.80. The van der Waals surface area contributed by atoms with E-state index in [1.165, 1.54) is 0 Å². The van der Waals surface area contributed by atoms with Crippen molar-refractivity contribution in [2.45, 2.75) is 0 Å². The van der Waals surface area contributed by atoms with E-state index in [-0.39, 0.29) is 100 Å². The van der Waals surface area contributed by atoms with E-state index >= 15 is 0 Å². The van der Waals surface area contributed by atoms with Gasteiger partial charge in [-0.3, -0.25) is 0 Å². The minimum atomic E-state index is -2.33. The molecular formula is CBaKNO6. The van der Waals surface area contributed by atoms with E-state index in [4.69, 9.17) is 30.3 Å². The van der Waals surface area contributed by atoms with Gasteiger partial charge in [0.1, 0.15) is 0 Å². The number of carboxylic acid groups (broad SMARTS) is 2. The number of hydrogen-bond donors (Lipinski definition) is 0. The molecule has 48 valence electrons. The first kappa shape index (κ1) is 22.6. The first-order valence-electron chi connectivity index (χ1n) is 1.16. The Morgan fingerprint density at radius 3 is 1.20 bits per heavy atom. The monoisotopic (exact) mass is 299 g/mol. The van der Waals surface area contributed by atoms with Gasteiger partial charge in [-0.1, -0.05) is 0 Å². The predicted molar refractivity (Wildman–Crippen MR) is 21.5 cm³/mol. The van der Waals surface area contributed by atoms with Gasteiger partial charge in [-0.15, -0.1) is 0 Å². The largest absolute Gasteiger partial charge is 2.00 e. The summed E-state index contributed by atoms with van der Waals surface area (Å²) in [4.78, 5) is 16.6. The van der Waals surface area contributed by atoms with Gasteiger partial charge in [0, 0.05) is 0 Å². The standard InChI is InChI=1S/CH2O3.Ba.K.NO3/c2-1(3)4;;;2-1(3)4/h(H2,2,3,4);;;/q;+2;+1;-1/p-2. The van der Waals surface area contributed by atoms with Crippen molar-refractivity contribution in [3.8, 4) is 0 Å². The third-order valence-corrected chi connectivity index (χ3v) is 0. The molecule has 0 unspecified atom stereocenters. The van der Waals surface area contributed by atoms with E-state index in [1.54, 1.807) is 0 Å². The van der Waals surface area contributed by atoms with Crippen LogP contribution in [-0.4, -0.2) is 60.1 Å². The van der Waals surface area contributed by atoms with E-state index in [1.807, 2.05) is 0 Å². The predicted octanol–water partition coefficient (Wildman–Crippen LogP) is -6.06. The summed E-state index contributed by atoms with van der Waals surface area (Å²) < 4.78 is 0. The van der Waals surface area contributed by atoms with Gasteiger partial charge in [0.05, 0.1) is 5.09 Å². The van der Waals surface area contributed by atoms with Gasteiger partial charge >= 0.3 is 100 Å². The van der Waals surface area contributed by atoms with Crippen LogP contribution < -0.4 is 61.6 Å². The Morgan fingerprint density at radius 2 is 1.20 bits per heavy atom. The van der Waals surface area contributed by atoms with Crippen LogP contribution in [0.5, 0.6) is 0 Å². The van der Waals surface area contributed by atoms with Crippen LogP contribution in [0.25, 0.3) is 0 Å². The molecule has 0 spiro atoms. The second-order valence-corrected chi connectivity index (χ2v) is 0.474. The van der Waals surface area contributed by atoms with Gasteiger partial charge in [0.2, 0.25) is 0 Å². The molecular weight excluding hydrogens is 298 g/mol. The maximum Gasteiger partial charge on any atom is 2.00 e. The maximum absolute atomic E-state index is 8.33. The number of hydrogen-bond acceptors (Lipinski definition) is 6. The molecule has 0 bridgehead atoms. The van der Waals surface area contributed by atoms with E-state index in [0.717, 1.165) is 0 Å². The molecule has 0 saturated heterocycles. The summed E-state index contributed by atoms with van der Waals surface area (Å²) in [7, 11) is 0. The van der Waals surface area contributed by atoms with Crippen LogP contribution >= 0.6 is 0 Å². The first-order valence-corrected chi connectivity index (χ1v) is 1.16. The summed E-state index contributed by atoms with van der Waals surface area (Å²) in [6.45, 7) is 0. The van der Waals surface area contributed by atoms with Gasteiger partial charge in [-0.25, -0.2) is 0 Å². The Morgan fingerprint density at radius 1 is 1.20 bits per heavy atom. The second kappa shape index (κ2) is 17.0. The zero-order valence-corrected chi connectivity index (χ0v) is 12.7. The van der Waals surface area contributed by atoms with Gasteiger partial charge in [-0.2, -0.15) is 0 Å². The van der Waals surface area contributed by atoms with Crippen LogP contribution in [0, 0.1) is 15.3 Å². The van der Waals surface area contributed by atoms with Crippen LogP contribution in [0.1, 0.15) is 0 Å². The van der Waals surface area contributed by atoms with E-state index in [9.17, 15) is 0 Å². The van der Waals surface area contributed by atoms with Crippen molar-refractivity contribution in [3.05, 3.63) is 15.3 Å². The average Bonchev–Trinajstić information content (AvgIpc) is 1.25. The summed E-state index contributed by atoms with van der Waals surface area (Å²) in [5.74, 6) is 0. The molecule has 0 radical (unpaired) electrons. The Labute approximate surface area is 138 Å². The maximum atomic E-state index is 8.33. The van der Waals surface area contributed by atoms with E-state index in [2.05, 4.69) is 0 Å². The van der Waals surface area contributed by atoms with Gasteiger partial charge in [-0.05, 0) is 6.16 Å². The molecule has 0 N–H and O–H groups in total. The molecule has 0 fully saturated rings. The molecule has 0 rings (SSSR count). The summed E-state index contributed by atoms with van der Waals surface area (Å²) >= 11 is 0. The SMILES string of the molecule is O=C([O-])[O-].O=[N+]([O-])[O-].[Ba+2].[K+]. The quantitative estimate of drug-likeness (QED) is 0.248. The molecule has 0 aliphatic rings. The molecule has 0 heterocycles. The molecule has 0 aromatic carbocycles. The van der Waals surface area contributed by atoms with Gasteiger partial charge in [0.15, 0.2) is 0 Å². The van der Waals surface area contributed by atoms with Crippen molar-refractivity contribution >= 4 is 55.0 Å². The molecule has 0 atom stereocenters. The zero-order chi connectivity index (χ0) is 7.15. The van der Waals surface area contributed by atoms with Crippen LogP contribution in [0.2, 0.25) is 0 Å². The number of nitrogens with zero attached hydrogens (tertiary/aromatic N) is 1. The molecule has 0 amide bonds. The molecule has 0 aliphatic heterocycles. The topological polar surface area (TPSA) is 129 Å². The minimum absolute atomic E-state index is 0. The summed E-state index contributed by atoms with van der Waals surface area (Å²) in [6, 6.07) is 0. The Bertz CT molecular complexity index is 75.7. The van der Waals surface area contributed by atoms with Crippen molar-refractivity contribution in [1.29, 1.82) is 0 Å². The Hall–Kier alpha value is 1.68. The average molecular weight is 298 g/mol. The van der Waals surface area contributed by atoms with Crippen LogP contribution in [-0.2, 0) is 0 Å².